The van der Waals surface area contributed by atoms with Gasteiger partial charge in [-0.25, -0.2) is 4.98 Å². The molecule has 0 spiro atoms. The Labute approximate surface area is 108 Å². The quantitative estimate of drug-likeness (QED) is 0.491. The number of aromatic nitrogens is 2. The van der Waals surface area contributed by atoms with Crippen molar-refractivity contribution < 1.29 is 4.92 Å². The molecule has 0 radical (unpaired) electrons. The third-order valence-electron chi connectivity index (χ3n) is 2.60. The van der Waals surface area contributed by atoms with Crippen LogP contribution in [-0.2, 0) is 20.0 Å². The van der Waals surface area contributed by atoms with Gasteiger partial charge in [0.2, 0.25) is 0 Å². The number of thiophene rings is 1. The lowest BCUT2D eigenvalue weighted by Gasteiger charge is -2.03. The Morgan fingerprint density at radius 1 is 1.61 bits per heavy atom. The van der Waals surface area contributed by atoms with Crippen LogP contribution in [0.5, 0.6) is 0 Å². The Bertz CT molecular complexity index is 535. The minimum Gasteiger partial charge on any atom is -0.338 e. The lowest BCUT2D eigenvalue weighted by molar-refractivity contribution is -0.380. The summed E-state index contributed by atoms with van der Waals surface area (Å²) in [5.74, 6) is 1.03. The van der Waals surface area contributed by atoms with Crippen molar-refractivity contribution in [3.8, 4) is 0 Å². The number of aryl methyl sites for hydroxylation is 1. The van der Waals surface area contributed by atoms with E-state index < -0.39 is 0 Å². The minimum atomic E-state index is -0.359. The Morgan fingerprint density at radius 3 is 3.06 bits per heavy atom. The molecule has 2 rings (SSSR count). The van der Waals surface area contributed by atoms with E-state index in [9.17, 15) is 10.1 Å². The first-order valence-electron chi connectivity index (χ1n) is 5.55. The molecular weight excluding hydrogens is 252 g/mol. The van der Waals surface area contributed by atoms with E-state index in [1.165, 1.54) is 0 Å². The zero-order valence-electron chi connectivity index (χ0n) is 10.00. The summed E-state index contributed by atoms with van der Waals surface area (Å²) >= 11 is 1.16. The maximum atomic E-state index is 10.5. The van der Waals surface area contributed by atoms with E-state index in [-0.39, 0.29) is 9.92 Å². The number of nitrogens with one attached hydrogen (secondary N) is 1. The highest BCUT2D eigenvalue weighted by molar-refractivity contribution is 7.13. The number of nitro groups is 1. The number of rotatable bonds is 6. The van der Waals surface area contributed by atoms with E-state index >= 15 is 0 Å². The molecule has 0 fully saturated rings. The maximum Gasteiger partial charge on any atom is 0.324 e. The summed E-state index contributed by atoms with van der Waals surface area (Å²) in [6.45, 7) is 1.45. The van der Waals surface area contributed by atoms with Gasteiger partial charge in [-0.3, -0.25) is 10.1 Å². The van der Waals surface area contributed by atoms with Crippen molar-refractivity contribution in [2.24, 2.45) is 7.05 Å². The molecule has 6 nitrogen and oxygen atoms in total. The number of imidazole rings is 1. The average molecular weight is 266 g/mol. The normalized spacial score (nSPS) is 10.7. The van der Waals surface area contributed by atoms with Gasteiger partial charge < -0.3 is 9.88 Å². The molecule has 0 aliphatic heterocycles. The summed E-state index contributed by atoms with van der Waals surface area (Å²) in [4.78, 5) is 14.4. The summed E-state index contributed by atoms with van der Waals surface area (Å²) < 4.78 is 1.98. The van der Waals surface area contributed by atoms with Crippen molar-refractivity contribution in [3.05, 3.63) is 45.3 Å². The van der Waals surface area contributed by atoms with Gasteiger partial charge in [0, 0.05) is 50.4 Å². The largest absolute Gasteiger partial charge is 0.338 e. The van der Waals surface area contributed by atoms with Gasteiger partial charge in [0.1, 0.15) is 5.82 Å². The fourth-order valence-electron chi connectivity index (χ4n) is 1.62. The van der Waals surface area contributed by atoms with Crippen LogP contribution in [0.4, 0.5) is 5.00 Å². The average Bonchev–Trinajstić information content (AvgIpc) is 2.94. The Balaban J connectivity index is 1.75. The highest BCUT2D eigenvalue weighted by atomic mass is 32.1. The summed E-state index contributed by atoms with van der Waals surface area (Å²) in [6.07, 6.45) is 4.53. The predicted molar refractivity (Wildman–Crippen MR) is 69.6 cm³/mol. The fourth-order valence-corrected chi connectivity index (χ4v) is 2.35. The van der Waals surface area contributed by atoms with Crippen molar-refractivity contribution in [2.45, 2.75) is 13.0 Å². The van der Waals surface area contributed by atoms with Crippen LogP contribution in [0.15, 0.2) is 23.8 Å². The number of hydrogen-bond acceptors (Lipinski definition) is 5. The zero-order valence-corrected chi connectivity index (χ0v) is 10.8. The van der Waals surface area contributed by atoms with E-state index in [0.29, 0.717) is 6.54 Å². The van der Waals surface area contributed by atoms with Crippen LogP contribution in [0.1, 0.15) is 11.4 Å². The van der Waals surface area contributed by atoms with E-state index in [2.05, 4.69) is 10.3 Å². The van der Waals surface area contributed by atoms with E-state index in [1.54, 1.807) is 12.3 Å². The monoisotopic (exact) mass is 266 g/mol. The molecule has 0 saturated heterocycles. The highest BCUT2D eigenvalue weighted by Crippen LogP contribution is 2.22. The van der Waals surface area contributed by atoms with Crippen LogP contribution in [0.2, 0.25) is 0 Å². The third kappa shape index (κ3) is 3.14. The lowest BCUT2D eigenvalue weighted by atomic mass is 10.3. The predicted octanol–water partition coefficient (Wildman–Crippen LogP) is 1.72. The van der Waals surface area contributed by atoms with Crippen molar-refractivity contribution in [3.63, 3.8) is 0 Å². The molecule has 2 aromatic heterocycles. The summed E-state index contributed by atoms with van der Waals surface area (Å²) in [6, 6.07) is 1.61. The lowest BCUT2D eigenvalue weighted by Crippen LogP contribution is -2.17. The van der Waals surface area contributed by atoms with Gasteiger partial charge in [-0.1, -0.05) is 11.3 Å². The van der Waals surface area contributed by atoms with Gasteiger partial charge in [-0.15, -0.1) is 0 Å². The molecule has 2 heterocycles. The zero-order chi connectivity index (χ0) is 13.0. The number of nitrogens with zero attached hydrogens (tertiary/aromatic N) is 3. The molecule has 0 unspecified atom stereocenters. The standard InChI is InChI=1S/C11H14N4O2S/c1-14-5-4-13-10(14)2-3-12-7-9-6-11(15(16)17)18-8-9/h4-6,8,12H,2-3,7H2,1H3. The smallest absolute Gasteiger partial charge is 0.324 e. The van der Waals surface area contributed by atoms with Gasteiger partial charge in [-0.2, -0.15) is 0 Å². The second kappa shape index (κ2) is 5.74. The van der Waals surface area contributed by atoms with Crippen LogP contribution < -0.4 is 5.32 Å². The van der Waals surface area contributed by atoms with Crippen LogP contribution >= 0.6 is 11.3 Å². The van der Waals surface area contributed by atoms with Crippen molar-refractivity contribution in [2.75, 3.05) is 6.54 Å². The van der Waals surface area contributed by atoms with Gasteiger partial charge in [0.05, 0.1) is 4.92 Å². The van der Waals surface area contributed by atoms with Crippen molar-refractivity contribution in [1.29, 1.82) is 0 Å². The van der Waals surface area contributed by atoms with Crippen LogP contribution in [0.3, 0.4) is 0 Å². The maximum absolute atomic E-state index is 10.5. The van der Waals surface area contributed by atoms with Crippen LogP contribution in [0.25, 0.3) is 0 Å². The first-order valence-corrected chi connectivity index (χ1v) is 6.43. The molecule has 0 aromatic carbocycles. The molecule has 0 atom stereocenters. The highest BCUT2D eigenvalue weighted by Gasteiger charge is 2.08. The molecular formula is C11H14N4O2S. The second-order valence-corrected chi connectivity index (χ2v) is 4.82. The van der Waals surface area contributed by atoms with E-state index in [4.69, 9.17) is 0 Å². The van der Waals surface area contributed by atoms with Crippen molar-refractivity contribution in [1.82, 2.24) is 14.9 Å². The van der Waals surface area contributed by atoms with Crippen LogP contribution in [0, 0.1) is 10.1 Å². The molecule has 0 amide bonds. The van der Waals surface area contributed by atoms with E-state index in [1.807, 2.05) is 23.2 Å². The molecule has 1 N–H and O–H groups in total. The molecule has 7 heteroatoms. The van der Waals surface area contributed by atoms with Gasteiger partial charge >= 0.3 is 5.00 Å². The summed E-state index contributed by atoms with van der Waals surface area (Å²) in [5, 5.41) is 15.8. The molecule has 0 aliphatic carbocycles. The van der Waals surface area contributed by atoms with Crippen LogP contribution in [-0.4, -0.2) is 21.0 Å². The first-order chi connectivity index (χ1) is 8.66. The van der Waals surface area contributed by atoms with E-state index in [0.717, 1.165) is 35.7 Å². The van der Waals surface area contributed by atoms with Crippen molar-refractivity contribution >= 4 is 16.3 Å². The molecule has 0 aliphatic rings. The summed E-state index contributed by atoms with van der Waals surface area (Å²) in [5.41, 5.74) is 0.951. The van der Waals surface area contributed by atoms with Gasteiger partial charge in [0.25, 0.3) is 0 Å². The second-order valence-electron chi connectivity index (χ2n) is 3.93. The SMILES string of the molecule is Cn1ccnc1CCNCc1csc([N+](=O)[O-])c1. The van der Waals surface area contributed by atoms with Gasteiger partial charge in [-0.05, 0) is 5.56 Å². The Kier molecular flexibility index (Phi) is 4.06. The molecule has 96 valence electrons. The third-order valence-corrected chi connectivity index (χ3v) is 3.52. The topological polar surface area (TPSA) is 73.0 Å². The Morgan fingerprint density at radius 2 is 2.44 bits per heavy atom. The molecule has 2 aromatic rings. The number of hydrogen-bond donors (Lipinski definition) is 1. The molecule has 0 saturated carbocycles. The van der Waals surface area contributed by atoms with Gasteiger partial charge in [0.15, 0.2) is 0 Å². The molecule has 18 heavy (non-hydrogen) atoms. The molecule has 0 bridgehead atoms. The Hall–Kier alpha value is -1.73. The fraction of sp³-hybridized carbons (Fsp3) is 0.364. The first kappa shape index (κ1) is 12.7. The summed E-state index contributed by atoms with van der Waals surface area (Å²) in [7, 11) is 1.96. The minimum absolute atomic E-state index is 0.191.